The molecule has 0 aliphatic rings. The maximum absolute atomic E-state index is 5.98. The molecule has 3 N–H and O–H groups in total. The average Bonchev–Trinajstić information content (AvgIpc) is 2.73. The number of nitrogens with one attached hydrogen (secondary N) is 1. The van der Waals surface area contributed by atoms with E-state index >= 15 is 0 Å². The van der Waals surface area contributed by atoms with E-state index in [4.69, 9.17) is 10.6 Å². The highest BCUT2D eigenvalue weighted by molar-refractivity contribution is 5.54. The molecule has 3 nitrogen and oxygen atoms in total. The molecule has 29 heavy (non-hydrogen) atoms. The largest absolute Gasteiger partial charge is 0.493 e. The van der Waals surface area contributed by atoms with E-state index in [1.807, 2.05) is 6.07 Å². The van der Waals surface area contributed by atoms with Gasteiger partial charge in [0.05, 0.1) is 12.3 Å². The number of ether oxygens (including phenoxy) is 1. The topological polar surface area (TPSA) is 47.3 Å². The molecule has 1 rings (SSSR count). The molecule has 0 aliphatic heterocycles. The summed E-state index contributed by atoms with van der Waals surface area (Å²) in [6.45, 7) is 7.29. The smallest absolute Gasteiger partial charge is 0.124 e. The molecule has 3 heteroatoms. The Kier molecular flexibility index (Phi) is 15.7. The summed E-state index contributed by atoms with van der Waals surface area (Å²) < 4.78 is 5.98. The zero-order valence-corrected chi connectivity index (χ0v) is 19.7. The van der Waals surface area contributed by atoms with Crippen molar-refractivity contribution in [2.45, 2.75) is 124 Å². The Labute approximate surface area is 181 Å². The molecule has 1 aromatic rings. The number of rotatable bonds is 19. The summed E-state index contributed by atoms with van der Waals surface area (Å²) in [5.74, 6) is 6.48. The molecule has 0 spiro atoms. The zero-order chi connectivity index (χ0) is 21.2. The van der Waals surface area contributed by atoms with E-state index in [-0.39, 0.29) is 0 Å². The van der Waals surface area contributed by atoms with Gasteiger partial charge >= 0.3 is 0 Å². The van der Waals surface area contributed by atoms with Crippen molar-refractivity contribution < 1.29 is 4.74 Å². The van der Waals surface area contributed by atoms with E-state index in [2.05, 4.69) is 32.3 Å². The van der Waals surface area contributed by atoms with Crippen LogP contribution in [-0.2, 0) is 0 Å². The number of aryl methyl sites for hydroxylation is 1. The highest BCUT2D eigenvalue weighted by atomic mass is 16.5. The lowest BCUT2D eigenvalue weighted by Crippen LogP contribution is -2.08. The lowest BCUT2D eigenvalue weighted by atomic mass is 10.0. The summed E-state index contributed by atoms with van der Waals surface area (Å²) >= 11 is 0. The van der Waals surface area contributed by atoms with Gasteiger partial charge in [-0.3, -0.25) is 5.84 Å². The van der Waals surface area contributed by atoms with Gasteiger partial charge in [-0.2, -0.15) is 0 Å². The van der Waals surface area contributed by atoms with Crippen molar-refractivity contribution in [3.8, 4) is 5.75 Å². The molecule has 0 saturated carbocycles. The van der Waals surface area contributed by atoms with Crippen LogP contribution in [-0.4, -0.2) is 6.61 Å². The molecule has 0 aliphatic carbocycles. The van der Waals surface area contributed by atoms with Crippen LogP contribution in [0.3, 0.4) is 0 Å². The van der Waals surface area contributed by atoms with Crippen LogP contribution in [0.1, 0.15) is 121 Å². The van der Waals surface area contributed by atoms with Gasteiger partial charge in [0.25, 0.3) is 0 Å². The molecule has 0 radical (unpaired) electrons. The first-order valence-corrected chi connectivity index (χ1v) is 12.4. The highest BCUT2D eigenvalue weighted by Gasteiger charge is 2.05. The van der Waals surface area contributed by atoms with Gasteiger partial charge in [-0.05, 0) is 37.5 Å². The van der Waals surface area contributed by atoms with E-state index < -0.39 is 0 Å². The van der Waals surface area contributed by atoms with Crippen molar-refractivity contribution in [1.82, 2.24) is 0 Å². The van der Waals surface area contributed by atoms with Crippen molar-refractivity contribution >= 4 is 5.69 Å². The highest BCUT2D eigenvalue weighted by Crippen LogP contribution is 2.26. The van der Waals surface area contributed by atoms with Crippen LogP contribution < -0.4 is 16.0 Å². The SMILES string of the molecule is CCCCCCCCCCCCCCCCCCOc1cc(NN)cc(C)c1C. The van der Waals surface area contributed by atoms with Crippen LogP contribution in [0, 0.1) is 13.8 Å². The number of unbranched alkanes of at least 4 members (excludes halogenated alkanes) is 15. The molecule has 0 amide bonds. The summed E-state index contributed by atoms with van der Waals surface area (Å²) in [6.07, 6.45) is 22.3. The molecule has 0 atom stereocenters. The van der Waals surface area contributed by atoms with Gasteiger partial charge in [0.15, 0.2) is 0 Å². The maximum Gasteiger partial charge on any atom is 0.124 e. The minimum atomic E-state index is 0.798. The lowest BCUT2D eigenvalue weighted by Gasteiger charge is -2.13. The fourth-order valence-electron chi connectivity index (χ4n) is 3.89. The number of hydrogen-bond acceptors (Lipinski definition) is 3. The molecule has 0 unspecified atom stereocenters. The Bertz CT molecular complexity index is 516. The number of hydrogen-bond donors (Lipinski definition) is 2. The minimum absolute atomic E-state index is 0.798. The fraction of sp³-hybridized carbons (Fsp3) is 0.769. The third-order valence-electron chi connectivity index (χ3n) is 6.04. The predicted octanol–water partition coefficient (Wildman–Crippen LogP) is 8.23. The second kappa shape index (κ2) is 17.6. The second-order valence-corrected chi connectivity index (χ2v) is 8.71. The van der Waals surface area contributed by atoms with Gasteiger partial charge in [-0.1, -0.05) is 103 Å². The van der Waals surface area contributed by atoms with E-state index in [9.17, 15) is 0 Å². The molecule has 0 saturated heterocycles. The van der Waals surface area contributed by atoms with E-state index in [1.54, 1.807) is 0 Å². The summed E-state index contributed by atoms with van der Waals surface area (Å²) in [6, 6.07) is 4.05. The van der Waals surface area contributed by atoms with Gasteiger partial charge < -0.3 is 10.2 Å². The van der Waals surface area contributed by atoms with Crippen LogP contribution in [0.15, 0.2) is 12.1 Å². The Morgan fingerprint density at radius 1 is 0.690 bits per heavy atom. The third kappa shape index (κ3) is 12.8. The van der Waals surface area contributed by atoms with Gasteiger partial charge in [-0.15, -0.1) is 0 Å². The Morgan fingerprint density at radius 2 is 1.14 bits per heavy atom. The first kappa shape index (κ1) is 25.8. The monoisotopic (exact) mass is 404 g/mol. The minimum Gasteiger partial charge on any atom is -0.493 e. The molecule has 0 bridgehead atoms. The number of nitrogens with two attached hydrogens (primary N) is 1. The predicted molar refractivity (Wildman–Crippen MR) is 129 cm³/mol. The zero-order valence-electron chi connectivity index (χ0n) is 19.7. The summed E-state index contributed by atoms with van der Waals surface area (Å²) in [5.41, 5.74) is 6.05. The van der Waals surface area contributed by atoms with Crippen LogP contribution in [0.2, 0.25) is 0 Å². The first-order valence-electron chi connectivity index (χ1n) is 12.4. The average molecular weight is 405 g/mol. The quantitative estimate of drug-likeness (QED) is 0.139. The molecular formula is C26H48N2O. The van der Waals surface area contributed by atoms with Crippen LogP contribution in [0.5, 0.6) is 5.75 Å². The number of anilines is 1. The molecule has 0 fully saturated rings. The van der Waals surface area contributed by atoms with Gasteiger partial charge in [-0.25, -0.2) is 0 Å². The maximum atomic E-state index is 5.98. The molecule has 0 aromatic heterocycles. The second-order valence-electron chi connectivity index (χ2n) is 8.71. The van der Waals surface area contributed by atoms with Gasteiger partial charge in [0.2, 0.25) is 0 Å². The van der Waals surface area contributed by atoms with Crippen molar-refractivity contribution in [3.05, 3.63) is 23.3 Å². The Morgan fingerprint density at radius 3 is 1.59 bits per heavy atom. The first-order chi connectivity index (χ1) is 14.2. The van der Waals surface area contributed by atoms with E-state index in [0.29, 0.717) is 0 Å². The Balaban J connectivity index is 1.88. The van der Waals surface area contributed by atoms with Crippen LogP contribution >= 0.6 is 0 Å². The molecule has 1 aromatic carbocycles. The third-order valence-corrected chi connectivity index (χ3v) is 6.04. The van der Waals surface area contributed by atoms with Crippen LogP contribution in [0.25, 0.3) is 0 Å². The molecule has 168 valence electrons. The molecular weight excluding hydrogens is 356 g/mol. The Hall–Kier alpha value is -1.22. The van der Waals surface area contributed by atoms with E-state index in [1.165, 1.54) is 107 Å². The van der Waals surface area contributed by atoms with Crippen molar-refractivity contribution in [1.29, 1.82) is 0 Å². The summed E-state index contributed by atoms with van der Waals surface area (Å²) in [7, 11) is 0. The van der Waals surface area contributed by atoms with Gasteiger partial charge in [0.1, 0.15) is 5.75 Å². The number of benzene rings is 1. The van der Waals surface area contributed by atoms with Gasteiger partial charge in [0, 0.05) is 6.07 Å². The molecule has 0 heterocycles. The van der Waals surface area contributed by atoms with Crippen molar-refractivity contribution in [2.75, 3.05) is 12.0 Å². The summed E-state index contributed by atoms with van der Waals surface area (Å²) in [4.78, 5) is 0. The van der Waals surface area contributed by atoms with Crippen LogP contribution in [0.4, 0.5) is 5.69 Å². The normalized spacial score (nSPS) is 11.0. The number of nitrogen functional groups attached to an aromatic ring is 1. The summed E-state index contributed by atoms with van der Waals surface area (Å²) in [5, 5.41) is 0. The van der Waals surface area contributed by atoms with Crippen molar-refractivity contribution in [3.63, 3.8) is 0 Å². The standard InChI is InChI=1S/C26H48N2O/c1-4-5-6-7-8-9-10-11-12-13-14-15-16-17-18-19-20-29-26-22-25(28-27)21-23(2)24(26)3/h21-22,28H,4-20,27H2,1-3H3. The number of hydrazine groups is 1. The van der Waals surface area contributed by atoms with Crippen molar-refractivity contribution in [2.24, 2.45) is 5.84 Å². The fourth-order valence-corrected chi connectivity index (χ4v) is 3.89. The van der Waals surface area contributed by atoms with E-state index in [0.717, 1.165) is 24.5 Å². The lowest BCUT2D eigenvalue weighted by molar-refractivity contribution is 0.302.